The Morgan fingerprint density at radius 1 is 0.976 bits per heavy atom. The molecule has 216 valence electrons. The summed E-state index contributed by atoms with van der Waals surface area (Å²) in [5, 5.41) is 32.8. The molecule has 3 N–H and O–H groups in total. The second-order valence-corrected chi connectivity index (χ2v) is 11.2. The predicted octanol–water partition coefficient (Wildman–Crippen LogP) is 2.12. The first-order valence-corrected chi connectivity index (χ1v) is 13.7. The molecule has 2 heterocycles. The average molecular weight is 592 g/mol. The summed E-state index contributed by atoms with van der Waals surface area (Å²) in [7, 11) is 0. The van der Waals surface area contributed by atoms with Crippen molar-refractivity contribution in [2.45, 2.75) is 41.8 Å². The molecule has 1 unspecified atom stereocenters. The Kier molecular flexibility index (Phi) is 7.96. The number of nitro groups is 1. The number of benzene rings is 3. The number of amides is 2. The minimum Gasteiger partial charge on any atom is -0.480 e. The molecule has 2 fully saturated rings. The number of carboxylic acid groups (broad SMARTS) is 1. The highest BCUT2D eigenvalue weighted by molar-refractivity contribution is 8.02. The van der Waals surface area contributed by atoms with Gasteiger partial charge < -0.3 is 25.2 Å². The summed E-state index contributed by atoms with van der Waals surface area (Å²) in [5.41, 5.74) is 1.72. The van der Waals surface area contributed by atoms with Crippen molar-refractivity contribution in [1.82, 2.24) is 10.2 Å². The van der Waals surface area contributed by atoms with Crippen LogP contribution in [0.5, 0.6) is 0 Å². The third kappa shape index (κ3) is 5.19. The number of non-ortho nitro benzene ring substituents is 1. The van der Waals surface area contributed by atoms with E-state index in [-0.39, 0.29) is 30.9 Å². The van der Waals surface area contributed by atoms with E-state index in [9.17, 15) is 39.5 Å². The predicted molar refractivity (Wildman–Crippen MR) is 149 cm³/mol. The number of nitrogens with one attached hydrogen (secondary N) is 1. The number of carbonyl (C=O) groups excluding carboxylic acids is 3. The normalized spacial score (nSPS) is 22.5. The molecule has 0 radical (unpaired) electrons. The molecule has 0 aliphatic carbocycles. The van der Waals surface area contributed by atoms with Crippen LogP contribution in [0, 0.1) is 10.1 Å². The van der Waals surface area contributed by atoms with Crippen LogP contribution in [0.25, 0.3) is 0 Å². The van der Waals surface area contributed by atoms with Crippen LogP contribution in [0.15, 0.2) is 78.9 Å². The van der Waals surface area contributed by atoms with Gasteiger partial charge in [-0.05, 0) is 34.4 Å². The first-order chi connectivity index (χ1) is 20.1. The van der Waals surface area contributed by atoms with Gasteiger partial charge in [0.1, 0.15) is 18.0 Å². The van der Waals surface area contributed by atoms with Gasteiger partial charge in [0.2, 0.25) is 11.8 Å². The molecule has 0 spiro atoms. The molecular weight excluding hydrogens is 566 g/mol. The molecule has 3 aromatic carbocycles. The highest BCUT2D eigenvalue weighted by Gasteiger charge is 2.71. The standard InChI is InChI=1S/C29H25N3O9S/c33-15-18-6-10-20(11-7-18)29(28(37)38)24(27(36)41-16-19-8-12-21(13-9-19)32(39)40)31-25(35)23(26(31)42-29)30-22(34)14-17-4-2-1-3-5-17/h1-13,23-24,26,33H,14-16H2,(H,30,34)(H,37,38)/t23-,24+,26-,29?/m1/s1. The molecule has 0 saturated carbocycles. The smallest absolute Gasteiger partial charge is 0.331 e. The Balaban J connectivity index is 1.42. The van der Waals surface area contributed by atoms with Gasteiger partial charge in [-0.15, -0.1) is 11.8 Å². The largest absolute Gasteiger partial charge is 0.480 e. The number of nitro benzene ring substituents is 1. The molecule has 42 heavy (non-hydrogen) atoms. The number of β-lactam (4-membered cyclic amide) rings is 1. The molecule has 2 aliphatic heterocycles. The minimum atomic E-state index is -1.99. The molecule has 0 aromatic heterocycles. The summed E-state index contributed by atoms with van der Waals surface area (Å²) in [4.78, 5) is 64.2. The Morgan fingerprint density at radius 2 is 1.62 bits per heavy atom. The fraction of sp³-hybridized carbons (Fsp3) is 0.241. The number of carbonyl (C=O) groups is 4. The van der Waals surface area contributed by atoms with Crippen LogP contribution in [0.2, 0.25) is 0 Å². The van der Waals surface area contributed by atoms with Crippen molar-refractivity contribution in [2.24, 2.45) is 0 Å². The summed E-state index contributed by atoms with van der Waals surface area (Å²) >= 11 is 0.858. The van der Waals surface area contributed by atoms with Crippen LogP contribution < -0.4 is 5.32 Å². The van der Waals surface area contributed by atoms with Gasteiger partial charge in [0, 0.05) is 12.1 Å². The fourth-order valence-electron chi connectivity index (χ4n) is 5.08. The average Bonchev–Trinajstić information content (AvgIpc) is 3.33. The molecule has 2 amide bonds. The van der Waals surface area contributed by atoms with Crippen molar-refractivity contribution >= 4 is 41.2 Å². The maximum Gasteiger partial charge on any atom is 0.331 e. The van der Waals surface area contributed by atoms with Gasteiger partial charge >= 0.3 is 11.9 Å². The minimum absolute atomic E-state index is 0.00933. The molecule has 2 saturated heterocycles. The molecule has 12 nitrogen and oxygen atoms in total. The van der Waals surface area contributed by atoms with Gasteiger partial charge in [0.15, 0.2) is 10.8 Å². The topological polar surface area (TPSA) is 176 Å². The van der Waals surface area contributed by atoms with Crippen molar-refractivity contribution in [1.29, 1.82) is 0 Å². The lowest BCUT2D eigenvalue weighted by atomic mass is 9.86. The number of aliphatic hydroxyl groups is 1. The van der Waals surface area contributed by atoms with Crippen LogP contribution in [0.1, 0.15) is 22.3 Å². The maximum atomic E-state index is 13.6. The van der Waals surface area contributed by atoms with Crippen molar-refractivity contribution in [2.75, 3.05) is 0 Å². The van der Waals surface area contributed by atoms with Crippen molar-refractivity contribution in [3.05, 3.63) is 111 Å². The number of hydrogen-bond acceptors (Lipinski definition) is 9. The number of ether oxygens (including phenoxy) is 1. The first-order valence-electron chi connectivity index (χ1n) is 12.8. The van der Waals surface area contributed by atoms with Crippen LogP contribution in [0.3, 0.4) is 0 Å². The lowest BCUT2D eigenvalue weighted by Gasteiger charge is -2.43. The summed E-state index contributed by atoms with van der Waals surface area (Å²) in [6, 6.07) is 17.6. The molecule has 4 atom stereocenters. The van der Waals surface area contributed by atoms with Gasteiger partial charge in [-0.1, -0.05) is 54.6 Å². The highest BCUT2D eigenvalue weighted by Crippen LogP contribution is 2.57. The number of fused-ring (bicyclic) bond motifs is 1. The fourth-order valence-corrected chi connectivity index (χ4v) is 6.83. The summed E-state index contributed by atoms with van der Waals surface area (Å²) in [6.45, 7) is -0.599. The lowest BCUT2D eigenvalue weighted by Crippen LogP contribution is -2.71. The molecule has 0 bridgehead atoms. The van der Waals surface area contributed by atoms with E-state index >= 15 is 0 Å². The molecule has 5 rings (SSSR count). The number of nitrogens with zero attached hydrogens (tertiary/aromatic N) is 2. The Morgan fingerprint density at radius 3 is 2.21 bits per heavy atom. The van der Waals surface area contributed by atoms with Crippen LogP contribution in [-0.4, -0.2) is 61.2 Å². The molecular formula is C29H25N3O9S. The monoisotopic (exact) mass is 591 g/mol. The van der Waals surface area contributed by atoms with E-state index in [0.29, 0.717) is 11.1 Å². The maximum absolute atomic E-state index is 13.6. The quantitative estimate of drug-likeness (QED) is 0.137. The highest BCUT2D eigenvalue weighted by atomic mass is 32.2. The first kappa shape index (κ1) is 28.8. The second-order valence-electron chi connectivity index (χ2n) is 9.79. The molecule has 2 aliphatic rings. The number of carboxylic acids is 1. The van der Waals surface area contributed by atoms with Crippen LogP contribution in [0.4, 0.5) is 5.69 Å². The number of rotatable bonds is 10. The Labute approximate surface area is 243 Å². The van der Waals surface area contributed by atoms with Crippen LogP contribution in [-0.2, 0) is 48.3 Å². The van der Waals surface area contributed by atoms with E-state index in [1.807, 2.05) is 6.07 Å². The number of esters is 1. The third-order valence-corrected chi connectivity index (χ3v) is 8.95. The van der Waals surface area contributed by atoms with E-state index in [1.54, 1.807) is 24.3 Å². The zero-order valence-electron chi connectivity index (χ0n) is 21.9. The van der Waals surface area contributed by atoms with E-state index in [4.69, 9.17) is 4.74 Å². The lowest BCUT2D eigenvalue weighted by molar-refractivity contribution is -0.384. The third-order valence-electron chi connectivity index (χ3n) is 7.21. The summed E-state index contributed by atoms with van der Waals surface area (Å²) < 4.78 is 3.49. The number of aliphatic carboxylic acids is 1. The summed E-state index contributed by atoms with van der Waals surface area (Å²) in [5.74, 6) is -3.43. The number of aliphatic hydroxyl groups excluding tert-OH is 1. The van der Waals surface area contributed by atoms with Crippen molar-refractivity contribution in [3.8, 4) is 0 Å². The summed E-state index contributed by atoms with van der Waals surface area (Å²) in [6.07, 6.45) is 0.00933. The van der Waals surface area contributed by atoms with E-state index in [2.05, 4.69) is 5.32 Å². The van der Waals surface area contributed by atoms with Gasteiger partial charge in [0.25, 0.3) is 5.69 Å². The van der Waals surface area contributed by atoms with E-state index < -0.39 is 50.9 Å². The van der Waals surface area contributed by atoms with E-state index in [1.165, 1.54) is 48.5 Å². The van der Waals surface area contributed by atoms with Gasteiger partial charge in [-0.25, -0.2) is 4.79 Å². The van der Waals surface area contributed by atoms with E-state index in [0.717, 1.165) is 22.2 Å². The zero-order valence-corrected chi connectivity index (χ0v) is 22.7. The molecule has 13 heteroatoms. The number of hydrogen-bond donors (Lipinski definition) is 3. The zero-order chi connectivity index (χ0) is 30.0. The second kappa shape index (κ2) is 11.6. The Bertz CT molecular complexity index is 1530. The van der Waals surface area contributed by atoms with Crippen molar-refractivity contribution in [3.63, 3.8) is 0 Å². The van der Waals surface area contributed by atoms with Gasteiger partial charge in [-0.3, -0.25) is 24.5 Å². The van der Waals surface area contributed by atoms with Crippen molar-refractivity contribution < 1.29 is 39.1 Å². The number of thioether (sulfide) groups is 1. The SMILES string of the molecule is O=C(Cc1ccccc1)N[C@@H]1C(=O)N2[C@@H]1SC(C(=O)O)(c1ccc(CO)cc1)[C@@H]2C(=O)OCc1ccc([N+](=O)[O-])cc1. The van der Waals surface area contributed by atoms with Crippen LogP contribution >= 0.6 is 11.8 Å². The molecule has 3 aromatic rings. The Hall–Kier alpha value is -4.75. The van der Waals surface area contributed by atoms with Gasteiger partial charge in [0.05, 0.1) is 18.0 Å². The van der Waals surface area contributed by atoms with Gasteiger partial charge in [-0.2, -0.15) is 0 Å².